The molecule has 152 valence electrons. The average Bonchev–Trinajstić information content (AvgIpc) is 2.70. The monoisotopic (exact) mass is 456 g/mol. The molecule has 0 spiro atoms. The van der Waals surface area contributed by atoms with Crippen molar-refractivity contribution in [3.8, 4) is 0 Å². The maximum Gasteiger partial charge on any atom is 0.320 e. The lowest BCUT2D eigenvalue weighted by molar-refractivity contribution is -0.187. The number of esters is 1. The van der Waals surface area contributed by atoms with Gasteiger partial charge < -0.3 is 4.74 Å². The molecule has 0 aliphatic carbocycles. The number of halogens is 1. The summed E-state index contributed by atoms with van der Waals surface area (Å²) in [4.78, 5) is 39.2. The smallest absolute Gasteiger partial charge is 0.320 e. The largest absolute Gasteiger partial charge is 0.456 e. The Kier molecular flexibility index (Phi) is 5.81. The van der Waals surface area contributed by atoms with Crippen molar-refractivity contribution in [3.63, 3.8) is 0 Å². The van der Waals surface area contributed by atoms with Crippen LogP contribution in [-0.2, 0) is 20.7 Å². The molecule has 1 aliphatic heterocycles. The highest BCUT2D eigenvalue weighted by Gasteiger charge is 2.58. The molecular weight excluding hydrogens is 432 g/mol. The van der Waals surface area contributed by atoms with Gasteiger partial charge in [0.25, 0.3) is 0 Å². The first kappa shape index (κ1) is 21.4. The summed E-state index contributed by atoms with van der Waals surface area (Å²) in [5, 5.41) is 0. The predicted octanol–water partition coefficient (Wildman–Crippen LogP) is 5.48. The fraction of sp³-hybridized carbons (Fsp3) is 0.375. The highest BCUT2D eigenvalue weighted by molar-refractivity contribution is 9.10. The zero-order chi connectivity index (χ0) is 21.4. The summed E-state index contributed by atoms with van der Waals surface area (Å²) in [7, 11) is 0. The third-order valence-electron chi connectivity index (χ3n) is 5.79. The van der Waals surface area contributed by atoms with E-state index in [1.807, 2.05) is 43.3 Å². The van der Waals surface area contributed by atoms with E-state index in [-0.39, 0.29) is 18.0 Å². The first-order valence-electron chi connectivity index (χ1n) is 9.73. The van der Waals surface area contributed by atoms with Crippen molar-refractivity contribution in [3.05, 3.63) is 69.7 Å². The van der Waals surface area contributed by atoms with Crippen LogP contribution < -0.4 is 0 Å². The third kappa shape index (κ3) is 3.93. The maximum atomic E-state index is 13.4. The van der Waals surface area contributed by atoms with Crippen LogP contribution in [0.4, 0.5) is 0 Å². The zero-order valence-electron chi connectivity index (χ0n) is 17.1. The van der Waals surface area contributed by atoms with Crippen LogP contribution in [0.3, 0.4) is 0 Å². The molecule has 29 heavy (non-hydrogen) atoms. The molecule has 0 bridgehead atoms. The lowest BCUT2D eigenvalue weighted by atomic mass is 9.64. The zero-order valence-corrected chi connectivity index (χ0v) is 18.7. The number of carbonyl (C=O) groups excluding carboxylic acids is 3. The summed E-state index contributed by atoms with van der Waals surface area (Å²) in [6, 6.07) is 14.6. The number of Topliss-reactive ketones (excluding diaryl/α,β-unsaturated/α-hetero) is 2. The van der Waals surface area contributed by atoms with Crippen molar-refractivity contribution in [2.45, 2.75) is 46.6 Å². The maximum absolute atomic E-state index is 13.4. The molecule has 1 saturated heterocycles. The molecule has 0 unspecified atom stereocenters. The second kappa shape index (κ2) is 7.86. The molecule has 3 rings (SSSR count). The third-order valence-corrected chi connectivity index (χ3v) is 6.32. The molecule has 2 aromatic carbocycles. The van der Waals surface area contributed by atoms with Gasteiger partial charge in [-0.1, -0.05) is 59.3 Å². The Balaban J connectivity index is 1.88. The Morgan fingerprint density at radius 1 is 1.00 bits per heavy atom. The van der Waals surface area contributed by atoms with E-state index in [0.29, 0.717) is 5.56 Å². The molecule has 2 atom stereocenters. The van der Waals surface area contributed by atoms with E-state index < -0.39 is 22.9 Å². The lowest BCUT2D eigenvalue weighted by Crippen LogP contribution is -2.54. The summed E-state index contributed by atoms with van der Waals surface area (Å²) >= 11 is 3.39. The Hall–Kier alpha value is -2.27. The predicted molar refractivity (Wildman–Crippen MR) is 115 cm³/mol. The number of cyclic esters (lactones) is 1. The standard InChI is InChI=1S/C24H25BrO4/c1-5-15-6-8-16(9-7-15)19(26)14-24(4)21(27)23(2,3)20(29-22(24)28)17-10-12-18(25)13-11-17/h6-13,20H,5,14H2,1-4H3/t20-,24-/m1/s1. The molecule has 5 heteroatoms. The van der Waals surface area contributed by atoms with E-state index in [2.05, 4.69) is 15.9 Å². The number of ketones is 2. The average molecular weight is 457 g/mol. The van der Waals surface area contributed by atoms with Crippen LogP contribution in [0.15, 0.2) is 53.0 Å². The van der Waals surface area contributed by atoms with E-state index in [1.54, 1.807) is 26.0 Å². The highest BCUT2D eigenvalue weighted by Crippen LogP contribution is 2.49. The number of aryl methyl sites for hydroxylation is 1. The molecule has 0 radical (unpaired) electrons. The Morgan fingerprint density at radius 3 is 2.14 bits per heavy atom. The van der Waals surface area contributed by atoms with Gasteiger partial charge in [0.1, 0.15) is 11.5 Å². The van der Waals surface area contributed by atoms with Gasteiger partial charge in [0.15, 0.2) is 11.6 Å². The van der Waals surface area contributed by atoms with E-state index in [9.17, 15) is 14.4 Å². The molecule has 1 heterocycles. The van der Waals surface area contributed by atoms with Crippen molar-refractivity contribution < 1.29 is 19.1 Å². The van der Waals surface area contributed by atoms with Gasteiger partial charge in [-0.15, -0.1) is 0 Å². The molecular formula is C24H25BrO4. The van der Waals surface area contributed by atoms with Crippen molar-refractivity contribution in [1.82, 2.24) is 0 Å². The van der Waals surface area contributed by atoms with Gasteiger partial charge in [0.05, 0.1) is 5.41 Å². The number of rotatable bonds is 5. The quantitative estimate of drug-likeness (QED) is 0.339. The van der Waals surface area contributed by atoms with Crippen LogP contribution in [0.25, 0.3) is 0 Å². The van der Waals surface area contributed by atoms with Crippen molar-refractivity contribution >= 4 is 33.5 Å². The van der Waals surface area contributed by atoms with Crippen LogP contribution >= 0.6 is 15.9 Å². The normalized spacial score (nSPS) is 23.6. The second-order valence-electron chi connectivity index (χ2n) is 8.37. The SMILES string of the molecule is CCc1ccc(C(=O)C[C@@]2(C)C(=O)O[C@H](c3ccc(Br)cc3)C(C)(C)C2=O)cc1. The molecule has 0 aromatic heterocycles. The molecule has 0 amide bonds. The minimum Gasteiger partial charge on any atom is -0.456 e. The summed E-state index contributed by atoms with van der Waals surface area (Å²) < 4.78 is 6.66. The van der Waals surface area contributed by atoms with E-state index in [0.717, 1.165) is 22.0 Å². The van der Waals surface area contributed by atoms with Gasteiger partial charge in [-0.05, 0) is 50.5 Å². The van der Waals surface area contributed by atoms with Gasteiger partial charge in [0, 0.05) is 16.5 Å². The van der Waals surface area contributed by atoms with Crippen molar-refractivity contribution in [1.29, 1.82) is 0 Å². The minimum absolute atomic E-state index is 0.202. The van der Waals surface area contributed by atoms with Crippen LogP contribution in [0.5, 0.6) is 0 Å². The second-order valence-corrected chi connectivity index (χ2v) is 9.29. The first-order chi connectivity index (χ1) is 13.6. The number of ether oxygens (including phenoxy) is 1. The van der Waals surface area contributed by atoms with Crippen LogP contribution in [-0.4, -0.2) is 17.5 Å². The lowest BCUT2D eigenvalue weighted by Gasteiger charge is -2.44. The summed E-state index contributed by atoms with van der Waals surface area (Å²) in [6.07, 6.45) is -0.0162. The van der Waals surface area contributed by atoms with Gasteiger partial charge >= 0.3 is 5.97 Å². The van der Waals surface area contributed by atoms with Crippen LogP contribution in [0.2, 0.25) is 0 Å². The number of hydrogen-bond acceptors (Lipinski definition) is 4. The Bertz CT molecular complexity index is 944. The fourth-order valence-electron chi connectivity index (χ4n) is 3.93. The Morgan fingerprint density at radius 2 is 1.59 bits per heavy atom. The van der Waals surface area contributed by atoms with Gasteiger partial charge in [-0.3, -0.25) is 14.4 Å². The summed E-state index contributed by atoms with van der Waals surface area (Å²) in [5.41, 5.74) is -0.0849. The van der Waals surface area contributed by atoms with E-state index in [4.69, 9.17) is 4.74 Å². The highest BCUT2D eigenvalue weighted by atomic mass is 79.9. The van der Waals surface area contributed by atoms with Gasteiger partial charge in [-0.25, -0.2) is 0 Å². The van der Waals surface area contributed by atoms with E-state index >= 15 is 0 Å². The van der Waals surface area contributed by atoms with E-state index in [1.165, 1.54) is 6.92 Å². The molecule has 1 fully saturated rings. The Labute approximate surface area is 179 Å². The van der Waals surface area contributed by atoms with Crippen molar-refractivity contribution in [2.75, 3.05) is 0 Å². The van der Waals surface area contributed by atoms with Gasteiger partial charge in [-0.2, -0.15) is 0 Å². The molecule has 2 aromatic rings. The number of benzene rings is 2. The topological polar surface area (TPSA) is 60.4 Å². The number of hydrogen-bond donors (Lipinski definition) is 0. The molecule has 0 N–H and O–H groups in total. The van der Waals surface area contributed by atoms with Crippen LogP contribution in [0.1, 0.15) is 61.7 Å². The van der Waals surface area contributed by atoms with Crippen LogP contribution in [0, 0.1) is 10.8 Å². The molecule has 4 nitrogen and oxygen atoms in total. The minimum atomic E-state index is -1.50. The summed E-state index contributed by atoms with van der Waals surface area (Å²) in [5.74, 6) is -1.15. The van der Waals surface area contributed by atoms with Gasteiger partial charge in [0.2, 0.25) is 0 Å². The first-order valence-corrected chi connectivity index (χ1v) is 10.5. The number of carbonyl (C=O) groups is 3. The summed E-state index contributed by atoms with van der Waals surface area (Å²) in [6.45, 7) is 7.11. The molecule has 0 saturated carbocycles. The van der Waals surface area contributed by atoms with Crippen molar-refractivity contribution in [2.24, 2.45) is 10.8 Å². The fourth-order valence-corrected chi connectivity index (χ4v) is 4.20. The molecule has 1 aliphatic rings.